The van der Waals surface area contributed by atoms with Crippen LogP contribution in [0.1, 0.15) is 4.88 Å². The molecule has 1 aromatic heterocycles. The Kier molecular flexibility index (Phi) is 4.36. The summed E-state index contributed by atoms with van der Waals surface area (Å²) >= 11 is 6.82. The molecule has 0 bridgehead atoms. The quantitative estimate of drug-likeness (QED) is 0.801. The third-order valence-electron chi connectivity index (χ3n) is 1.61. The molecule has 1 N–H and O–H groups in total. The van der Waals surface area contributed by atoms with Gasteiger partial charge in [-0.2, -0.15) is 8.78 Å². The predicted octanol–water partition coefficient (Wildman–Crippen LogP) is 3.39. The standard InChI is InChI=1S/C8H8ClF4NS/c9-6-2-1-5(15-6)3-14-4-8(12,13)7(10)11/h1-2,7,14H,3-4H2. The largest absolute Gasteiger partial charge is 0.319 e. The molecular formula is C8H8ClF4NS. The molecule has 0 saturated carbocycles. The Balaban J connectivity index is 2.33. The molecule has 0 radical (unpaired) electrons. The van der Waals surface area contributed by atoms with Gasteiger partial charge in [0.2, 0.25) is 0 Å². The fourth-order valence-corrected chi connectivity index (χ4v) is 1.93. The highest BCUT2D eigenvalue weighted by atomic mass is 35.5. The summed E-state index contributed by atoms with van der Waals surface area (Å²) in [4.78, 5) is 0.727. The average molecular weight is 262 g/mol. The zero-order valence-corrected chi connectivity index (χ0v) is 9.02. The van der Waals surface area contributed by atoms with Gasteiger partial charge in [-0.3, -0.25) is 0 Å². The SMILES string of the molecule is FC(F)C(F)(F)CNCc1ccc(Cl)s1. The first-order valence-corrected chi connectivity index (χ1v) is 5.22. The minimum atomic E-state index is -3.99. The van der Waals surface area contributed by atoms with Crippen LogP contribution in [0.15, 0.2) is 12.1 Å². The smallest absolute Gasteiger partial charge is 0.306 e. The van der Waals surface area contributed by atoms with Crippen molar-refractivity contribution in [2.24, 2.45) is 0 Å². The lowest BCUT2D eigenvalue weighted by atomic mass is 10.3. The highest BCUT2D eigenvalue weighted by Gasteiger charge is 2.39. The van der Waals surface area contributed by atoms with Crippen LogP contribution in [0.5, 0.6) is 0 Å². The van der Waals surface area contributed by atoms with Crippen LogP contribution in [-0.4, -0.2) is 18.9 Å². The van der Waals surface area contributed by atoms with Crippen molar-refractivity contribution in [1.82, 2.24) is 5.32 Å². The fraction of sp³-hybridized carbons (Fsp3) is 0.500. The van der Waals surface area contributed by atoms with Crippen molar-refractivity contribution < 1.29 is 17.6 Å². The van der Waals surface area contributed by atoms with Crippen molar-refractivity contribution in [3.63, 3.8) is 0 Å². The third-order valence-corrected chi connectivity index (χ3v) is 2.84. The Morgan fingerprint density at radius 3 is 2.53 bits per heavy atom. The van der Waals surface area contributed by atoms with Crippen LogP contribution in [0.4, 0.5) is 17.6 Å². The zero-order valence-electron chi connectivity index (χ0n) is 7.44. The molecule has 1 aromatic rings. The van der Waals surface area contributed by atoms with E-state index >= 15 is 0 Å². The lowest BCUT2D eigenvalue weighted by Gasteiger charge is -2.15. The highest BCUT2D eigenvalue weighted by molar-refractivity contribution is 7.16. The molecule has 0 amide bonds. The maximum absolute atomic E-state index is 12.4. The number of rotatable bonds is 5. The van der Waals surface area contributed by atoms with Crippen molar-refractivity contribution in [2.75, 3.05) is 6.54 Å². The molecule has 1 rings (SSSR count). The van der Waals surface area contributed by atoms with Gasteiger partial charge in [0.1, 0.15) is 0 Å². The van der Waals surface area contributed by atoms with Gasteiger partial charge in [-0.15, -0.1) is 11.3 Å². The van der Waals surface area contributed by atoms with Crippen molar-refractivity contribution in [3.05, 3.63) is 21.3 Å². The molecule has 0 spiro atoms. The molecule has 0 aliphatic rings. The van der Waals surface area contributed by atoms with Gasteiger partial charge in [0.25, 0.3) is 0 Å². The van der Waals surface area contributed by atoms with E-state index in [0.717, 1.165) is 4.88 Å². The third kappa shape index (κ3) is 3.96. The van der Waals surface area contributed by atoms with E-state index in [1.54, 1.807) is 12.1 Å². The molecule has 15 heavy (non-hydrogen) atoms. The maximum atomic E-state index is 12.4. The molecule has 1 nitrogen and oxygen atoms in total. The minimum Gasteiger partial charge on any atom is -0.306 e. The van der Waals surface area contributed by atoms with E-state index in [-0.39, 0.29) is 6.54 Å². The van der Waals surface area contributed by atoms with E-state index in [0.29, 0.717) is 4.34 Å². The van der Waals surface area contributed by atoms with E-state index < -0.39 is 18.9 Å². The Morgan fingerprint density at radius 1 is 1.40 bits per heavy atom. The summed E-state index contributed by atoms with van der Waals surface area (Å²) in [6, 6.07) is 3.27. The number of thiophene rings is 1. The molecule has 0 saturated heterocycles. The topological polar surface area (TPSA) is 12.0 Å². The van der Waals surface area contributed by atoms with Crippen LogP contribution in [0.3, 0.4) is 0 Å². The molecule has 0 aliphatic carbocycles. The Bertz CT molecular complexity index is 315. The Morgan fingerprint density at radius 2 is 2.07 bits per heavy atom. The Hall–Kier alpha value is -0.330. The van der Waals surface area contributed by atoms with Crippen LogP contribution in [-0.2, 0) is 6.54 Å². The van der Waals surface area contributed by atoms with E-state index in [1.807, 2.05) is 0 Å². The predicted molar refractivity (Wildman–Crippen MR) is 52.0 cm³/mol. The highest BCUT2D eigenvalue weighted by Crippen LogP contribution is 2.23. The van der Waals surface area contributed by atoms with Crippen molar-refractivity contribution in [3.8, 4) is 0 Å². The number of alkyl halides is 4. The first-order chi connectivity index (χ1) is 6.92. The summed E-state index contributed by atoms with van der Waals surface area (Å²) in [6.07, 6.45) is -3.64. The van der Waals surface area contributed by atoms with Gasteiger partial charge < -0.3 is 5.32 Å². The van der Waals surface area contributed by atoms with Gasteiger partial charge in [0, 0.05) is 11.4 Å². The molecule has 1 heterocycles. The lowest BCUT2D eigenvalue weighted by Crippen LogP contribution is -2.38. The number of nitrogens with one attached hydrogen (secondary N) is 1. The Labute approximate surface area is 93.0 Å². The summed E-state index contributed by atoms with van der Waals surface area (Å²) < 4.78 is 48.8. The second-order valence-electron chi connectivity index (χ2n) is 2.87. The van der Waals surface area contributed by atoms with Crippen molar-refractivity contribution in [1.29, 1.82) is 0 Å². The van der Waals surface area contributed by atoms with Crippen LogP contribution in [0.25, 0.3) is 0 Å². The lowest BCUT2D eigenvalue weighted by molar-refractivity contribution is -0.125. The first-order valence-electron chi connectivity index (χ1n) is 4.03. The zero-order chi connectivity index (χ0) is 11.5. The van der Waals surface area contributed by atoms with E-state index in [1.165, 1.54) is 11.3 Å². The summed E-state index contributed by atoms with van der Waals surface area (Å²) in [5, 5.41) is 2.26. The molecule has 0 atom stereocenters. The van der Waals surface area contributed by atoms with Crippen LogP contribution < -0.4 is 5.32 Å². The number of hydrogen-bond acceptors (Lipinski definition) is 2. The van der Waals surface area contributed by atoms with Gasteiger partial charge in [0.15, 0.2) is 0 Å². The van der Waals surface area contributed by atoms with E-state index in [4.69, 9.17) is 11.6 Å². The molecule has 0 aliphatic heterocycles. The normalized spacial score (nSPS) is 12.4. The fourth-order valence-electron chi connectivity index (χ4n) is 0.876. The molecule has 7 heteroatoms. The van der Waals surface area contributed by atoms with Gasteiger partial charge in [-0.05, 0) is 12.1 Å². The molecule has 0 unspecified atom stereocenters. The van der Waals surface area contributed by atoms with E-state index in [2.05, 4.69) is 5.32 Å². The summed E-state index contributed by atoms with van der Waals surface area (Å²) in [5.74, 6) is -3.99. The van der Waals surface area contributed by atoms with Gasteiger partial charge in [-0.1, -0.05) is 11.6 Å². The monoisotopic (exact) mass is 261 g/mol. The second-order valence-corrected chi connectivity index (χ2v) is 4.67. The van der Waals surface area contributed by atoms with Crippen LogP contribution in [0, 0.1) is 0 Å². The minimum absolute atomic E-state index is 0.111. The van der Waals surface area contributed by atoms with Gasteiger partial charge in [-0.25, -0.2) is 8.78 Å². The number of hydrogen-bond donors (Lipinski definition) is 1. The van der Waals surface area contributed by atoms with Crippen molar-refractivity contribution >= 4 is 22.9 Å². The molecule has 0 aromatic carbocycles. The van der Waals surface area contributed by atoms with Crippen LogP contribution >= 0.6 is 22.9 Å². The maximum Gasteiger partial charge on any atom is 0.319 e. The molecular weight excluding hydrogens is 254 g/mol. The molecule has 0 fully saturated rings. The average Bonchev–Trinajstić information content (AvgIpc) is 2.51. The molecule has 86 valence electrons. The van der Waals surface area contributed by atoms with E-state index in [9.17, 15) is 17.6 Å². The second kappa shape index (κ2) is 5.14. The van der Waals surface area contributed by atoms with Crippen molar-refractivity contribution in [2.45, 2.75) is 18.9 Å². The first kappa shape index (κ1) is 12.7. The van der Waals surface area contributed by atoms with Crippen LogP contribution in [0.2, 0.25) is 4.34 Å². The summed E-state index contributed by atoms with van der Waals surface area (Å²) in [7, 11) is 0. The van der Waals surface area contributed by atoms with Gasteiger partial charge >= 0.3 is 12.3 Å². The summed E-state index contributed by atoms with van der Waals surface area (Å²) in [6.45, 7) is -0.931. The number of halogens is 5. The summed E-state index contributed by atoms with van der Waals surface area (Å²) in [5.41, 5.74) is 0. The van der Waals surface area contributed by atoms with Gasteiger partial charge in [0.05, 0.1) is 10.9 Å².